The molecule has 1 aliphatic heterocycles. The first kappa shape index (κ1) is 27.0. The molecule has 0 aliphatic carbocycles. The summed E-state index contributed by atoms with van der Waals surface area (Å²) in [5.74, 6) is 0.122. The number of hydrogen-bond donors (Lipinski definition) is 1. The molecule has 10 heteroatoms. The fourth-order valence-corrected chi connectivity index (χ4v) is 4.04. The molecule has 0 radical (unpaired) electrons. The molecule has 1 heterocycles. The van der Waals surface area contributed by atoms with Crippen LogP contribution >= 0.6 is 0 Å². The van der Waals surface area contributed by atoms with Gasteiger partial charge in [0.2, 0.25) is 5.91 Å². The number of carbonyl (C=O) groups is 1. The topological polar surface area (TPSA) is 43.8 Å². The SMILES string of the molecule is CC(C)(C)C(=O)N1CCN(Cc2ccc(-c3ccc(C(O)(C(F)(F)F)C(F)(F)F)cc3)cc2)CC1. The number of benzene rings is 2. The van der Waals surface area contributed by atoms with Crippen LogP contribution in [0.5, 0.6) is 0 Å². The number of amides is 1. The summed E-state index contributed by atoms with van der Waals surface area (Å²) >= 11 is 0. The van der Waals surface area contributed by atoms with Crippen LogP contribution in [0.4, 0.5) is 26.3 Å². The minimum atomic E-state index is -5.92. The van der Waals surface area contributed by atoms with Gasteiger partial charge in [-0.3, -0.25) is 9.69 Å². The molecular formula is C25H28F6N2O2. The minimum Gasteiger partial charge on any atom is -0.369 e. The van der Waals surface area contributed by atoms with Gasteiger partial charge in [0.05, 0.1) is 0 Å². The fourth-order valence-electron chi connectivity index (χ4n) is 4.04. The quantitative estimate of drug-likeness (QED) is 0.573. The molecule has 2 aromatic carbocycles. The van der Waals surface area contributed by atoms with E-state index < -0.39 is 28.9 Å². The maximum Gasteiger partial charge on any atom is 0.430 e. The molecule has 0 aromatic heterocycles. The van der Waals surface area contributed by atoms with Gasteiger partial charge in [-0.05, 0) is 16.7 Å². The second kappa shape index (κ2) is 9.46. The normalized spacial score (nSPS) is 16.5. The van der Waals surface area contributed by atoms with E-state index in [-0.39, 0.29) is 5.91 Å². The Bertz CT molecular complexity index is 1000. The lowest BCUT2D eigenvalue weighted by molar-refractivity contribution is -0.376. The van der Waals surface area contributed by atoms with E-state index in [0.717, 1.165) is 30.8 Å². The van der Waals surface area contributed by atoms with Gasteiger partial charge in [0.25, 0.3) is 5.60 Å². The van der Waals surface area contributed by atoms with Gasteiger partial charge in [0.15, 0.2) is 0 Å². The predicted octanol–water partition coefficient (Wildman–Crippen LogP) is 5.36. The third-order valence-electron chi connectivity index (χ3n) is 6.12. The van der Waals surface area contributed by atoms with Gasteiger partial charge in [-0.2, -0.15) is 26.3 Å². The van der Waals surface area contributed by atoms with Crippen LogP contribution in [0.1, 0.15) is 31.9 Å². The smallest absolute Gasteiger partial charge is 0.369 e. The van der Waals surface area contributed by atoms with Gasteiger partial charge in [-0.1, -0.05) is 69.3 Å². The number of carbonyl (C=O) groups excluding carboxylic acids is 1. The standard InChI is InChI=1S/C25H28F6N2O2/c1-22(2,3)21(34)33-14-12-32(13-15-33)16-17-4-6-18(7-5-17)19-8-10-20(11-9-19)23(35,24(26,27)28)25(29,30)31/h4-11,35H,12-16H2,1-3H3. The van der Waals surface area contributed by atoms with Crippen LogP contribution in [-0.2, 0) is 16.9 Å². The van der Waals surface area contributed by atoms with Crippen LogP contribution in [0.2, 0.25) is 0 Å². The summed E-state index contributed by atoms with van der Waals surface area (Å²) in [5, 5.41) is 9.52. The van der Waals surface area contributed by atoms with Crippen molar-refractivity contribution in [3.63, 3.8) is 0 Å². The molecule has 35 heavy (non-hydrogen) atoms. The van der Waals surface area contributed by atoms with E-state index in [9.17, 15) is 36.2 Å². The largest absolute Gasteiger partial charge is 0.430 e. The highest BCUT2D eigenvalue weighted by Gasteiger charge is 2.71. The summed E-state index contributed by atoms with van der Waals surface area (Å²) in [7, 11) is 0. The second-order valence-corrected chi connectivity index (χ2v) is 9.80. The molecule has 3 rings (SSSR count). The van der Waals surface area contributed by atoms with Crippen molar-refractivity contribution < 1.29 is 36.2 Å². The molecule has 1 fully saturated rings. The Morgan fingerprint density at radius 2 is 1.20 bits per heavy atom. The third-order valence-corrected chi connectivity index (χ3v) is 6.12. The summed E-state index contributed by atoms with van der Waals surface area (Å²) in [6, 6.07) is 10.7. The summed E-state index contributed by atoms with van der Waals surface area (Å²) in [5.41, 5.74) is -4.63. The third kappa shape index (κ3) is 5.64. The Morgan fingerprint density at radius 3 is 1.60 bits per heavy atom. The van der Waals surface area contributed by atoms with Crippen molar-refractivity contribution in [2.24, 2.45) is 5.41 Å². The Hall–Kier alpha value is -2.59. The van der Waals surface area contributed by atoms with E-state index in [1.807, 2.05) is 37.8 Å². The molecular weight excluding hydrogens is 474 g/mol. The van der Waals surface area contributed by atoms with Gasteiger partial charge < -0.3 is 10.0 Å². The number of aliphatic hydroxyl groups is 1. The van der Waals surface area contributed by atoms with Crippen LogP contribution in [-0.4, -0.2) is 59.3 Å². The molecule has 0 bridgehead atoms. The molecule has 4 nitrogen and oxygen atoms in total. The van der Waals surface area contributed by atoms with Gasteiger partial charge in [0, 0.05) is 43.7 Å². The number of alkyl halides is 6. The predicted molar refractivity (Wildman–Crippen MR) is 119 cm³/mol. The molecule has 1 amide bonds. The van der Waals surface area contributed by atoms with Crippen molar-refractivity contribution in [1.29, 1.82) is 0 Å². The fraction of sp³-hybridized carbons (Fsp3) is 0.480. The molecule has 1 saturated heterocycles. The van der Waals surface area contributed by atoms with Gasteiger partial charge >= 0.3 is 12.4 Å². The minimum absolute atomic E-state index is 0.122. The average molecular weight is 502 g/mol. The summed E-state index contributed by atoms with van der Waals surface area (Å²) in [6.45, 7) is 9.07. The van der Waals surface area contributed by atoms with E-state index in [2.05, 4.69) is 4.90 Å². The zero-order chi connectivity index (χ0) is 26.2. The Kier molecular flexibility index (Phi) is 7.30. The van der Waals surface area contributed by atoms with Crippen LogP contribution in [0, 0.1) is 5.41 Å². The number of hydrogen-bond acceptors (Lipinski definition) is 3. The van der Waals surface area contributed by atoms with Crippen molar-refractivity contribution in [2.75, 3.05) is 26.2 Å². The zero-order valence-corrected chi connectivity index (χ0v) is 19.7. The lowest BCUT2D eigenvalue weighted by Gasteiger charge is -2.37. The van der Waals surface area contributed by atoms with Crippen LogP contribution < -0.4 is 0 Å². The Labute approximate surface area is 200 Å². The number of halogens is 6. The molecule has 0 saturated carbocycles. The van der Waals surface area contributed by atoms with Crippen LogP contribution in [0.25, 0.3) is 11.1 Å². The number of nitrogens with zero attached hydrogens (tertiary/aromatic N) is 2. The van der Waals surface area contributed by atoms with E-state index in [4.69, 9.17) is 0 Å². The highest BCUT2D eigenvalue weighted by atomic mass is 19.4. The van der Waals surface area contributed by atoms with Gasteiger partial charge in [-0.25, -0.2) is 0 Å². The first-order valence-corrected chi connectivity index (χ1v) is 11.1. The second-order valence-electron chi connectivity index (χ2n) is 9.80. The van der Waals surface area contributed by atoms with E-state index in [1.165, 1.54) is 0 Å². The number of piperazine rings is 1. The molecule has 1 N–H and O–H groups in total. The maximum absolute atomic E-state index is 13.1. The van der Waals surface area contributed by atoms with Crippen molar-refractivity contribution in [2.45, 2.75) is 45.3 Å². The van der Waals surface area contributed by atoms with Crippen molar-refractivity contribution in [3.05, 3.63) is 59.7 Å². The monoisotopic (exact) mass is 502 g/mol. The highest BCUT2D eigenvalue weighted by molar-refractivity contribution is 5.81. The van der Waals surface area contributed by atoms with E-state index in [0.29, 0.717) is 42.9 Å². The van der Waals surface area contributed by atoms with Gasteiger partial charge in [0.1, 0.15) is 0 Å². The van der Waals surface area contributed by atoms with Crippen LogP contribution in [0.3, 0.4) is 0 Å². The van der Waals surface area contributed by atoms with Crippen molar-refractivity contribution >= 4 is 5.91 Å². The summed E-state index contributed by atoms with van der Waals surface area (Å²) < 4.78 is 78.4. The van der Waals surface area contributed by atoms with Crippen LogP contribution in [0.15, 0.2) is 48.5 Å². The molecule has 192 valence electrons. The zero-order valence-electron chi connectivity index (χ0n) is 19.7. The average Bonchev–Trinajstić information content (AvgIpc) is 2.77. The lowest BCUT2D eigenvalue weighted by Crippen LogP contribution is -2.53. The highest BCUT2D eigenvalue weighted by Crippen LogP contribution is 2.50. The first-order chi connectivity index (χ1) is 16.0. The maximum atomic E-state index is 13.1. The Morgan fingerprint density at radius 1 is 0.771 bits per heavy atom. The summed E-state index contributed by atoms with van der Waals surface area (Å²) in [4.78, 5) is 16.5. The van der Waals surface area contributed by atoms with E-state index in [1.54, 1.807) is 12.1 Å². The van der Waals surface area contributed by atoms with Crippen molar-refractivity contribution in [3.8, 4) is 11.1 Å². The lowest BCUT2D eigenvalue weighted by atomic mass is 9.90. The molecule has 0 atom stereocenters. The first-order valence-electron chi connectivity index (χ1n) is 11.1. The molecule has 0 unspecified atom stereocenters. The molecule has 0 spiro atoms. The van der Waals surface area contributed by atoms with Crippen molar-refractivity contribution in [1.82, 2.24) is 9.80 Å². The molecule has 2 aromatic rings. The Balaban J connectivity index is 1.66. The number of rotatable bonds is 4. The van der Waals surface area contributed by atoms with Gasteiger partial charge in [-0.15, -0.1) is 0 Å². The molecule has 1 aliphatic rings. The summed E-state index contributed by atoms with van der Waals surface area (Å²) in [6.07, 6.45) is -11.8. The van der Waals surface area contributed by atoms with E-state index >= 15 is 0 Å².